The van der Waals surface area contributed by atoms with E-state index >= 15 is 0 Å². The van der Waals surface area contributed by atoms with Gasteiger partial charge in [0.15, 0.2) is 5.78 Å². The quantitative estimate of drug-likeness (QED) is 0.331. The smallest absolute Gasteiger partial charge is 0.159 e. The van der Waals surface area contributed by atoms with E-state index in [1.54, 1.807) is 18.9 Å². The molecule has 1 atom stereocenters. The van der Waals surface area contributed by atoms with E-state index in [-0.39, 0.29) is 5.78 Å². The van der Waals surface area contributed by atoms with Crippen LogP contribution in [-0.2, 0) is 6.42 Å². The number of rotatable bonds is 9. The molecule has 0 radical (unpaired) electrons. The molecular weight excluding hydrogens is 354 g/mol. The lowest BCUT2D eigenvalue weighted by molar-refractivity contribution is 0.101. The second-order valence-electron chi connectivity index (χ2n) is 6.71. The third-order valence-electron chi connectivity index (χ3n) is 4.39. The summed E-state index contributed by atoms with van der Waals surface area (Å²) in [6, 6.07) is 16.7. The Bertz CT molecular complexity index is 895. The molecule has 1 aromatic heterocycles. The lowest BCUT2D eigenvalue weighted by atomic mass is 10.1. The first-order valence-corrected chi connectivity index (χ1v) is 10.0. The van der Waals surface area contributed by atoms with Crippen molar-refractivity contribution in [3.63, 3.8) is 0 Å². The summed E-state index contributed by atoms with van der Waals surface area (Å²) in [6.45, 7) is 5.58. The number of hydrogen-bond donors (Lipinski definition) is 2. The van der Waals surface area contributed by atoms with Gasteiger partial charge in [-0.15, -0.1) is 0 Å². The molecule has 0 bridgehead atoms. The highest BCUT2D eigenvalue weighted by atomic mass is 32.2. The molecule has 5 heteroatoms. The van der Waals surface area contributed by atoms with Crippen molar-refractivity contribution < 1.29 is 4.79 Å². The number of nitrogens with one attached hydrogen (secondary N) is 2. The number of pyridine rings is 1. The highest BCUT2D eigenvalue weighted by molar-refractivity contribution is 7.97. The van der Waals surface area contributed by atoms with Crippen LogP contribution < -0.4 is 10.0 Å². The topological polar surface area (TPSA) is 54.0 Å². The van der Waals surface area contributed by atoms with E-state index in [4.69, 9.17) is 0 Å². The van der Waals surface area contributed by atoms with Crippen LogP contribution in [0.25, 0.3) is 10.8 Å². The Morgan fingerprint density at radius 1 is 1.11 bits per heavy atom. The summed E-state index contributed by atoms with van der Waals surface area (Å²) in [5.74, 6) is 0.111. The molecule has 140 valence electrons. The maximum Gasteiger partial charge on any atom is 0.159 e. The number of ketones is 1. The van der Waals surface area contributed by atoms with Crippen LogP contribution in [0.4, 0.5) is 0 Å². The van der Waals surface area contributed by atoms with Gasteiger partial charge in [0, 0.05) is 40.8 Å². The summed E-state index contributed by atoms with van der Waals surface area (Å²) in [7, 11) is 0. The van der Waals surface area contributed by atoms with Gasteiger partial charge in [0.1, 0.15) is 0 Å². The fourth-order valence-corrected chi connectivity index (χ4v) is 3.54. The maximum atomic E-state index is 11.3. The normalized spacial score (nSPS) is 12.2. The Morgan fingerprint density at radius 3 is 2.70 bits per heavy atom. The fourth-order valence-electron chi connectivity index (χ4n) is 2.79. The average Bonchev–Trinajstić information content (AvgIpc) is 2.70. The maximum absolute atomic E-state index is 11.3. The molecule has 3 aromatic rings. The van der Waals surface area contributed by atoms with Gasteiger partial charge in [0.05, 0.1) is 0 Å². The highest BCUT2D eigenvalue weighted by Gasteiger charge is 2.04. The zero-order valence-corrected chi connectivity index (χ0v) is 16.6. The van der Waals surface area contributed by atoms with Crippen molar-refractivity contribution in [2.45, 2.75) is 31.2 Å². The summed E-state index contributed by atoms with van der Waals surface area (Å²) >= 11 is 1.66. The van der Waals surface area contributed by atoms with Crippen LogP contribution in [0.15, 0.2) is 65.8 Å². The van der Waals surface area contributed by atoms with Gasteiger partial charge >= 0.3 is 0 Å². The van der Waals surface area contributed by atoms with Crippen molar-refractivity contribution in [3.05, 3.63) is 72.1 Å². The summed E-state index contributed by atoms with van der Waals surface area (Å²) in [6.07, 6.45) is 4.67. The van der Waals surface area contributed by atoms with Crippen LogP contribution in [-0.4, -0.2) is 29.9 Å². The molecule has 0 spiro atoms. The zero-order valence-electron chi connectivity index (χ0n) is 15.7. The number of fused-ring (bicyclic) bond motifs is 1. The van der Waals surface area contributed by atoms with Crippen molar-refractivity contribution in [1.82, 2.24) is 15.0 Å². The van der Waals surface area contributed by atoms with Crippen molar-refractivity contribution >= 4 is 28.5 Å². The first kappa shape index (κ1) is 19.5. The van der Waals surface area contributed by atoms with Crippen LogP contribution in [0.5, 0.6) is 0 Å². The molecule has 0 saturated carbocycles. The van der Waals surface area contributed by atoms with E-state index in [2.05, 4.69) is 40.1 Å². The Labute approximate surface area is 164 Å². The predicted molar refractivity (Wildman–Crippen MR) is 113 cm³/mol. The predicted octanol–water partition coefficient (Wildman–Crippen LogP) is 4.25. The Kier molecular flexibility index (Phi) is 6.98. The third-order valence-corrected chi connectivity index (χ3v) is 5.40. The molecule has 0 saturated heterocycles. The molecule has 3 rings (SSSR count). The van der Waals surface area contributed by atoms with Crippen LogP contribution in [0.1, 0.15) is 29.8 Å². The third kappa shape index (κ3) is 5.89. The Balaban J connectivity index is 1.37. The van der Waals surface area contributed by atoms with Crippen LogP contribution >= 0.6 is 11.9 Å². The first-order chi connectivity index (χ1) is 13.1. The van der Waals surface area contributed by atoms with E-state index < -0.39 is 0 Å². The molecule has 0 unspecified atom stereocenters. The number of Topliss-reactive ketones (excluding diaryl/α,β-unsaturated/α-hetero) is 1. The number of carbonyl (C=O) groups is 1. The highest BCUT2D eigenvalue weighted by Crippen LogP contribution is 2.21. The number of carbonyl (C=O) groups excluding carboxylic acids is 1. The van der Waals surface area contributed by atoms with Gasteiger partial charge in [-0.1, -0.05) is 30.3 Å². The Morgan fingerprint density at radius 2 is 1.93 bits per heavy atom. The fraction of sp³-hybridized carbons (Fsp3) is 0.273. The lowest BCUT2D eigenvalue weighted by Gasteiger charge is -2.14. The number of benzene rings is 2. The molecule has 2 N–H and O–H groups in total. The largest absolute Gasteiger partial charge is 0.315 e. The van der Waals surface area contributed by atoms with E-state index in [0.717, 1.165) is 30.5 Å². The van der Waals surface area contributed by atoms with Gasteiger partial charge in [-0.05, 0) is 67.9 Å². The minimum Gasteiger partial charge on any atom is -0.315 e. The van der Waals surface area contributed by atoms with Gasteiger partial charge < -0.3 is 5.32 Å². The molecule has 27 heavy (non-hydrogen) atoms. The molecule has 2 aromatic carbocycles. The minimum absolute atomic E-state index is 0.111. The number of hydrogen-bond acceptors (Lipinski definition) is 5. The van der Waals surface area contributed by atoms with Gasteiger partial charge in [-0.2, -0.15) is 0 Å². The van der Waals surface area contributed by atoms with Gasteiger partial charge in [-0.25, -0.2) is 0 Å². The summed E-state index contributed by atoms with van der Waals surface area (Å²) in [5.41, 5.74) is 2.01. The summed E-state index contributed by atoms with van der Waals surface area (Å²) in [5, 5.41) is 5.85. The van der Waals surface area contributed by atoms with Crippen LogP contribution in [0, 0.1) is 0 Å². The second kappa shape index (κ2) is 9.65. The zero-order chi connectivity index (χ0) is 19.1. The van der Waals surface area contributed by atoms with E-state index in [0.29, 0.717) is 6.04 Å². The standard InChI is InChI=1S/C22H25N3OS/c1-16(14-23-11-9-18-3-5-19(6-4-18)17(2)26)25-27-22-8-7-21-15-24-12-10-20(21)13-22/h3-8,10,12-13,15-16,23,25H,9,11,14H2,1-2H3/t16-/m1/s1. The van der Waals surface area contributed by atoms with Crippen molar-refractivity contribution in [3.8, 4) is 0 Å². The number of nitrogens with zero attached hydrogens (tertiary/aromatic N) is 1. The van der Waals surface area contributed by atoms with E-state index in [9.17, 15) is 4.79 Å². The SMILES string of the molecule is CC(=O)c1ccc(CCNC[C@@H](C)NSc2ccc3cnccc3c2)cc1. The summed E-state index contributed by atoms with van der Waals surface area (Å²) < 4.78 is 3.48. The van der Waals surface area contributed by atoms with Gasteiger partial charge in [0.2, 0.25) is 0 Å². The molecule has 1 heterocycles. The van der Waals surface area contributed by atoms with E-state index in [1.807, 2.05) is 42.7 Å². The molecule has 0 aliphatic heterocycles. The van der Waals surface area contributed by atoms with Crippen LogP contribution in [0.3, 0.4) is 0 Å². The van der Waals surface area contributed by atoms with Gasteiger partial charge in [-0.3, -0.25) is 14.5 Å². The molecule has 0 aliphatic rings. The van der Waals surface area contributed by atoms with Gasteiger partial charge in [0.25, 0.3) is 0 Å². The van der Waals surface area contributed by atoms with Crippen molar-refractivity contribution in [2.24, 2.45) is 0 Å². The minimum atomic E-state index is 0.111. The number of aromatic nitrogens is 1. The second-order valence-corrected chi connectivity index (χ2v) is 7.62. The molecule has 4 nitrogen and oxygen atoms in total. The monoisotopic (exact) mass is 379 g/mol. The molecular formula is C22H25N3OS. The van der Waals surface area contributed by atoms with Crippen LogP contribution in [0.2, 0.25) is 0 Å². The average molecular weight is 380 g/mol. The van der Waals surface area contributed by atoms with Crippen molar-refractivity contribution in [1.29, 1.82) is 0 Å². The molecule has 0 aliphatic carbocycles. The summed E-state index contributed by atoms with van der Waals surface area (Å²) in [4.78, 5) is 16.6. The Hall–Kier alpha value is -2.21. The van der Waals surface area contributed by atoms with Crippen molar-refractivity contribution in [2.75, 3.05) is 13.1 Å². The van der Waals surface area contributed by atoms with E-state index in [1.165, 1.54) is 15.8 Å². The molecule has 0 amide bonds. The first-order valence-electron chi connectivity index (χ1n) is 9.18. The molecule has 0 fully saturated rings. The lowest BCUT2D eigenvalue weighted by Crippen LogP contribution is -2.33.